The number of amides is 6. The Bertz CT molecular complexity index is 1880. The number of carbonyl (C=O) groups is 9. The van der Waals surface area contributed by atoms with Gasteiger partial charge in [-0.3, -0.25) is 49.2 Å². The predicted octanol–water partition coefficient (Wildman–Crippen LogP) is -0.793. The molecule has 10 N–H and O–H groups in total. The molecule has 1 saturated heterocycles. The molecule has 0 saturated carbocycles. The highest BCUT2D eigenvalue weighted by atomic mass is 16.6. The van der Waals surface area contributed by atoms with Gasteiger partial charge in [-0.2, -0.15) is 0 Å². The number of ketones is 1. The number of carboxylic acid groups (broad SMARTS) is 2. The van der Waals surface area contributed by atoms with Crippen LogP contribution in [0.5, 0.6) is 0 Å². The van der Waals surface area contributed by atoms with Crippen molar-refractivity contribution < 1.29 is 67.9 Å². The highest BCUT2D eigenvalue weighted by Gasteiger charge is 2.51. The lowest BCUT2D eigenvalue weighted by Crippen LogP contribution is -2.61. The molecule has 0 spiro atoms. The number of carbonyl (C=O) groups excluding carboxylic acids is 7. The van der Waals surface area contributed by atoms with Gasteiger partial charge in [0.2, 0.25) is 17.7 Å². The maximum atomic E-state index is 13.5. The average molecular weight is 870 g/mol. The fraction of sp³-hybridized carbons (Fsp3) is 0.488. The first-order chi connectivity index (χ1) is 29.4. The van der Waals surface area contributed by atoms with Crippen LogP contribution in [0.2, 0.25) is 0 Å². The van der Waals surface area contributed by atoms with Gasteiger partial charge in [-0.25, -0.2) is 4.79 Å². The highest BCUT2D eigenvalue weighted by molar-refractivity contribution is 6.00. The minimum absolute atomic E-state index is 0.0738. The van der Waals surface area contributed by atoms with Crippen LogP contribution in [-0.4, -0.2) is 124 Å². The molecule has 0 aliphatic carbocycles. The van der Waals surface area contributed by atoms with E-state index < -0.39 is 121 Å². The Labute approximate surface area is 357 Å². The molecule has 62 heavy (non-hydrogen) atoms. The molecule has 21 nitrogen and oxygen atoms in total. The van der Waals surface area contributed by atoms with Crippen LogP contribution < -0.4 is 37.4 Å². The van der Waals surface area contributed by atoms with Crippen molar-refractivity contribution in [1.29, 1.82) is 0 Å². The Morgan fingerprint density at radius 2 is 1.27 bits per heavy atom. The number of hydrazine groups is 1. The van der Waals surface area contributed by atoms with E-state index in [4.69, 9.17) is 9.47 Å². The Balaban J connectivity index is 1.60. The van der Waals surface area contributed by atoms with Crippen LogP contribution in [0, 0.1) is 5.92 Å². The molecule has 3 rings (SSSR count). The lowest BCUT2D eigenvalue weighted by Gasteiger charge is -2.27. The summed E-state index contributed by atoms with van der Waals surface area (Å²) in [5, 5.41) is 41.5. The monoisotopic (exact) mass is 869 g/mol. The first-order valence-corrected chi connectivity index (χ1v) is 19.9. The predicted molar refractivity (Wildman–Crippen MR) is 217 cm³/mol. The second-order valence-corrected chi connectivity index (χ2v) is 15.0. The smallest absolute Gasteiger partial charge is 0.408 e. The quantitative estimate of drug-likeness (QED) is 0.0432. The first kappa shape index (κ1) is 49.9. The summed E-state index contributed by atoms with van der Waals surface area (Å²) in [4.78, 5) is 115. The Morgan fingerprint density at radius 1 is 0.677 bits per heavy atom. The molecular weight excluding hydrogens is 814 g/mol. The molecule has 8 atom stereocenters. The van der Waals surface area contributed by atoms with E-state index in [1.54, 1.807) is 51.1 Å². The number of hydrogen-bond acceptors (Lipinski definition) is 13. The number of ether oxygens (including phenoxy) is 2. The van der Waals surface area contributed by atoms with Crippen molar-refractivity contribution in [2.45, 2.75) is 115 Å². The minimum Gasteiger partial charge on any atom is -0.481 e. The van der Waals surface area contributed by atoms with Gasteiger partial charge in [0.15, 0.2) is 18.0 Å². The number of benzene rings is 2. The molecule has 21 heteroatoms. The first-order valence-electron chi connectivity index (χ1n) is 19.9. The Morgan fingerprint density at radius 3 is 1.85 bits per heavy atom. The Hall–Kier alpha value is -6.45. The van der Waals surface area contributed by atoms with E-state index in [0.717, 1.165) is 12.5 Å². The molecule has 3 unspecified atom stereocenters. The van der Waals surface area contributed by atoms with Crippen LogP contribution in [0.1, 0.15) is 64.5 Å². The minimum atomic E-state index is -1.89. The molecule has 2 aromatic carbocycles. The van der Waals surface area contributed by atoms with E-state index in [0.29, 0.717) is 18.5 Å². The maximum absolute atomic E-state index is 13.5. The molecule has 2 aromatic rings. The Kier molecular flexibility index (Phi) is 19.9. The fourth-order valence-corrected chi connectivity index (χ4v) is 5.96. The molecule has 0 bridgehead atoms. The van der Waals surface area contributed by atoms with Gasteiger partial charge < -0.3 is 51.4 Å². The second-order valence-electron chi connectivity index (χ2n) is 15.0. The van der Waals surface area contributed by atoms with Gasteiger partial charge in [-0.1, -0.05) is 74.5 Å². The van der Waals surface area contributed by atoms with Crippen molar-refractivity contribution in [3.8, 4) is 0 Å². The van der Waals surface area contributed by atoms with Crippen molar-refractivity contribution in [3.05, 3.63) is 71.8 Å². The average Bonchev–Trinajstić information content (AvgIpc) is 4.03. The third-order valence-electron chi connectivity index (χ3n) is 9.36. The summed E-state index contributed by atoms with van der Waals surface area (Å²) in [5.41, 5.74) is 5.73. The number of nitrogens with one attached hydrogen (secondary N) is 7. The number of hydrogen-bond donors (Lipinski definition) is 10. The van der Waals surface area contributed by atoms with Crippen LogP contribution in [0.25, 0.3) is 0 Å². The van der Waals surface area contributed by atoms with E-state index in [9.17, 15) is 58.5 Å². The molecular formula is C41H55N7O14. The molecule has 0 radical (unpaired) electrons. The molecule has 1 aliphatic rings. The van der Waals surface area contributed by atoms with Crippen molar-refractivity contribution in [3.63, 3.8) is 0 Å². The van der Waals surface area contributed by atoms with Crippen LogP contribution in [-0.2, 0) is 60.9 Å². The molecule has 6 amide bonds. The third kappa shape index (κ3) is 17.3. The number of aliphatic hydroxyl groups excluding tert-OH is 1. The number of carboxylic acids is 2. The summed E-state index contributed by atoms with van der Waals surface area (Å²) >= 11 is 0. The van der Waals surface area contributed by atoms with E-state index in [1.807, 2.05) is 41.2 Å². The van der Waals surface area contributed by atoms with E-state index in [-0.39, 0.29) is 18.9 Å². The number of epoxide rings is 1. The van der Waals surface area contributed by atoms with Crippen LogP contribution in [0.4, 0.5) is 4.79 Å². The number of aliphatic carboxylic acids is 2. The number of Topliss-reactive ketones (excluding diaryl/α,β-unsaturated/α-hetero) is 1. The van der Waals surface area contributed by atoms with E-state index >= 15 is 0 Å². The molecule has 0 aromatic heterocycles. The van der Waals surface area contributed by atoms with Crippen LogP contribution in [0.3, 0.4) is 0 Å². The SMILES string of the molecule is CC(C)C[C@H](NC(=O)OCc1ccccc1)C(=O)N[C@@H](CCC(=O)O)C(=O)N[C@H](C(=O)N[C@@H](CC(=O)O)C(=O)NNC(=O)C1OC1C(=O)C(C)NCCc1ccccc1)[C@@H](C)O. The van der Waals surface area contributed by atoms with Crippen molar-refractivity contribution in [2.75, 3.05) is 6.54 Å². The van der Waals surface area contributed by atoms with Gasteiger partial charge in [0.05, 0.1) is 18.6 Å². The lowest BCUT2D eigenvalue weighted by atomic mass is 10.0. The zero-order valence-electron chi connectivity index (χ0n) is 34.8. The van der Waals surface area contributed by atoms with Gasteiger partial charge >= 0.3 is 18.0 Å². The van der Waals surface area contributed by atoms with Gasteiger partial charge in [0.1, 0.15) is 30.8 Å². The third-order valence-corrected chi connectivity index (χ3v) is 9.36. The van der Waals surface area contributed by atoms with Crippen LogP contribution >= 0.6 is 0 Å². The van der Waals surface area contributed by atoms with Gasteiger partial charge in [0.25, 0.3) is 11.8 Å². The largest absolute Gasteiger partial charge is 0.481 e. The van der Waals surface area contributed by atoms with Crippen LogP contribution in [0.15, 0.2) is 60.7 Å². The standard InChI is InChI=1S/C41H55N7O14/c1-22(2)19-28(45-41(60)61-21-26-13-9-6-10-14-26)37(56)43-27(15-16-30(50)51)36(55)46-32(24(4)49)39(58)44-29(20-31(52)53)38(57)47-48-40(59)35-34(62-35)33(54)23(3)42-18-17-25-11-7-5-8-12-25/h5-14,22-24,27-29,32,34-35,42,49H,15-21H2,1-4H3,(H,43,56)(H,44,58)(H,45,60)(H,46,55)(H,47,57)(H,48,59)(H,50,51)(H,52,53)/t23?,24-,27+,28+,29+,32+,34?,35?/m1/s1. The number of rotatable bonds is 25. The number of alkyl carbamates (subject to hydrolysis) is 1. The summed E-state index contributed by atoms with van der Waals surface area (Å²) in [5.74, 6) is -8.95. The summed E-state index contributed by atoms with van der Waals surface area (Å²) in [7, 11) is 0. The summed E-state index contributed by atoms with van der Waals surface area (Å²) in [6.07, 6.45) is -6.46. The molecule has 1 aliphatic heterocycles. The summed E-state index contributed by atoms with van der Waals surface area (Å²) in [6, 6.07) is 10.9. The fourth-order valence-electron chi connectivity index (χ4n) is 5.96. The van der Waals surface area contributed by atoms with Crippen molar-refractivity contribution >= 4 is 53.4 Å². The normalized spacial score (nSPS) is 17.1. The van der Waals surface area contributed by atoms with Crippen molar-refractivity contribution in [2.24, 2.45) is 5.92 Å². The van der Waals surface area contributed by atoms with E-state index in [1.165, 1.54) is 0 Å². The molecule has 1 heterocycles. The van der Waals surface area contributed by atoms with Gasteiger partial charge in [-0.15, -0.1) is 0 Å². The zero-order valence-corrected chi connectivity index (χ0v) is 34.8. The van der Waals surface area contributed by atoms with Gasteiger partial charge in [-0.05, 0) is 56.7 Å². The summed E-state index contributed by atoms with van der Waals surface area (Å²) < 4.78 is 10.4. The lowest BCUT2D eigenvalue weighted by molar-refractivity contribution is -0.142. The van der Waals surface area contributed by atoms with Gasteiger partial charge in [0, 0.05) is 6.42 Å². The second kappa shape index (κ2) is 24.7. The summed E-state index contributed by atoms with van der Waals surface area (Å²) in [6.45, 7) is 6.58. The number of aliphatic hydroxyl groups is 1. The maximum Gasteiger partial charge on any atom is 0.408 e. The zero-order chi connectivity index (χ0) is 45.9. The van der Waals surface area contributed by atoms with Crippen molar-refractivity contribution in [1.82, 2.24) is 37.4 Å². The highest BCUT2D eigenvalue weighted by Crippen LogP contribution is 2.24. The molecule has 1 fully saturated rings. The topological polar surface area (TPSA) is 320 Å². The van der Waals surface area contributed by atoms with E-state index in [2.05, 4.69) is 26.6 Å². The molecule has 338 valence electrons.